The van der Waals surface area contributed by atoms with E-state index in [-0.39, 0.29) is 23.4 Å². The van der Waals surface area contributed by atoms with Crippen LogP contribution in [0.2, 0.25) is 0 Å². The molecule has 0 saturated heterocycles. The third-order valence-corrected chi connectivity index (χ3v) is 6.36. The summed E-state index contributed by atoms with van der Waals surface area (Å²) in [5.41, 5.74) is -1.27. The van der Waals surface area contributed by atoms with E-state index < -0.39 is 23.2 Å². The van der Waals surface area contributed by atoms with E-state index in [1.165, 1.54) is 54.5 Å². The van der Waals surface area contributed by atoms with Crippen molar-refractivity contribution >= 4 is 27.6 Å². The predicted molar refractivity (Wildman–Crippen MR) is 118 cm³/mol. The monoisotopic (exact) mass is 505 g/mol. The molecule has 32 heavy (non-hydrogen) atoms. The smallest absolute Gasteiger partial charge is 0.377 e. The number of anilines is 1. The van der Waals surface area contributed by atoms with E-state index in [1.807, 2.05) is 0 Å². The van der Waals surface area contributed by atoms with Crippen LogP contribution in [0, 0.1) is 5.82 Å². The number of benzene rings is 3. The van der Waals surface area contributed by atoms with Gasteiger partial charge in [-0.1, -0.05) is 34.1 Å². The Morgan fingerprint density at radius 2 is 1.75 bits per heavy atom. The Balaban J connectivity index is 2.11. The summed E-state index contributed by atoms with van der Waals surface area (Å²) in [5.74, 6) is -6.52. The molecule has 3 aromatic rings. The lowest BCUT2D eigenvalue weighted by molar-refractivity contribution is -0.174. The minimum atomic E-state index is -4.24. The van der Waals surface area contributed by atoms with Crippen molar-refractivity contribution in [3.05, 3.63) is 93.7 Å². The number of halogens is 4. The number of rotatable bonds is 5. The van der Waals surface area contributed by atoms with Crippen LogP contribution < -0.4 is 9.64 Å². The Morgan fingerprint density at radius 1 is 1.09 bits per heavy atom. The summed E-state index contributed by atoms with van der Waals surface area (Å²) in [5, 5.41) is 9.74. The van der Waals surface area contributed by atoms with Crippen LogP contribution in [0.5, 0.6) is 5.75 Å². The molecule has 0 spiro atoms. The quantitative estimate of drug-likeness (QED) is 0.488. The topological polar surface area (TPSA) is 49.8 Å². The van der Waals surface area contributed by atoms with Gasteiger partial charge in [-0.15, -0.1) is 0 Å². The van der Waals surface area contributed by atoms with E-state index in [0.29, 0.717) is 22.2 Å². The van der Waals surface area contributed by atoms with Crippen LogP contribution in [-0.2, 0) is 16.8 Å². The maximum atomic E-state index is 16.0. The Kier molecular flexibility index (Phi) is 5.67. The molecule has 0 amide bonds. The van der Waals surface area contributed by atoms with Gasteiger partial charge in [0.2, 0.25) is 0 Å². The van der Waals surface area contributed by atoms with Crippen LogP contribution in [0.15, 0.2) is 71.2 Å². The molecule has 0 aliphatic carbocycles. The predicted octanol–water partition coefficient (Wildman–Crippen LogP) is 5.62. The molecule has 1 atom stereocenters. The molecular weight excluding hydrogens is 487 g/mol. The number of alkyl halides is 2. The third kappa shape index (κ3) is 3.33. The number of carbonyl (C=O) groups is 1. The van der Waals surface area contributed by atoms with Crippen molar-refractivity contribution in [1.82, 2.24) is 0 Å². The zero-order valence-electron chi connectivity index (χ0n) is 17.0. The highest BCUT2D eigenvalue weighted by molar-refractivity contribution is 9.10. The van der Waals surface area contributed by atoms with Crippen molar-refractivity contribution in [2.24, 2.45) is 0 Å². The van der Waals surface area contributed by atoms with Crippen molar-refractivity contribution < 1.29 is 27.8 Å². The average molecular weight is 506 g/mol. The second-order valence-corrected chi connectivity index (χ2v) is 8.41. The molecule has 1 N–H and O–H groups in total. The minimum absolute atomic E-state index is 0.0880. The molecule has 0 saturated carbocycles. The largest absolute Gasteiger partial charge is 0.497 e. The van der Waals surface area contributed by atoms with Crippen molar-refractivity contribution in [1.29, 1.82) is 0 Å². The minimum Gasteiger partial charge on any atom is -0.497 e. The first-order valence-corrected chi connectivity index (χ1v) is 10.6. The van der Waals surface area contributed by atoms with Crippen LogP contribution >= 0.6 is 15.9 Å². The molecule has 0 fully saturated rings. The highest BCUT2D eigenvalue weighted by Crippen LogP contribution is 2.53. The van der Waals surface area contributed by atoms with Gasteiger partial charge in [-0.05, 0) is 71.6 Å². The number of hydrogen-bond donors (Lipinski definition) is 1. The summed E-state index contributed by atoms with van der Waals surface area (Å²) in [6.45, 7) is 0.0880. The molecule has 8 heteroatoms. The van der Waals surface area contributed by atoms with E-state index in [9.17, 15) is 14.3 Å². The van der Waals surface area contributed by atoms with Gasteiger partial charge in [0.05, 0.1) is 7.11 Å². The van der Waals surface area contributed by atoms with Gasteiger partial charge < -0.3 is 14.7 Å². The summed E-state index contributed by atoms with van der Waals surface area (Å²) in [6.07, 6.45) is 0.373. The van der Waals surface area contributed by atoms with Crippen molar-refractivity contribution in [2.45, 2.75) is 17.9 Å². The Morgan fingerprint density at radius 3 is 2.34 bits per heavy atom. The zero-order valence-corrected chi connectivity index (χ0v) is 18.6. The third-order valence-electron chi connectivity index (χ3n) is 5.84. The van der Waals surface area contributed by atoms with Crippen molar-refractivity contribution in [3.8, 4) is 5.75 Å². The number of methoxy groups -OCH3 is 1. The van der Waals surface area contributed by atoms with Crippen LogP contribution in [0.3, 0.4) is 0 Å². The molecule has 4 rings (SSSR count). The van der Waals surface area contributed by atoms with Crippen molar-refractivity contribution in [2.75, 3.05) is 18.6 Å². The molecule has 1 unspecified atom stereocenters. The fourth-order valence-corrected chi connectivity index (χ4v) is 4.69. The highest BCUT2D eigenvalue weighted by atomic mass is 79.9. The molecule has 0 bridgehead atoms. The van der Waals surface area contributed by atoms with E-state index in [1.54, 1.807) is 24.3 Å². The Labute approximate surface area is 191 Å². The normalized spacial score (nSPS) is 18.2. The Bertz CT molecular complexity index is 1150. The van der Waals surface area contributed by atoms with E-state index in [2.05, 4.69) is 15.9 Å². The van der Waals surface area contributed by atoms with Gasteiger partial charge in [0.25, 0.3) is 0 Å². The van der Waals surface area contributed by atoms with Gasteiger partial charge in [0.1, 0.15) is 11.6 Å². The summed E-state index contributed by atoms with van der Waals surface area (Å²) in [7, 11) is 1.48. The van der Waals surface area contributed by atoms with Crippen LogP contribution in [0.25, 0.3) is 0 Å². The van der Waals surface area contributed by atoms with Gasteiger partial charge in [0, 0.05) is 16.7 Å². The number of carboxylic acid groups (broad SMARTS) is 1. The first-order chi connectivity index (χ1) is 15.2. The van der Waals surface area contributed by atoms with Gasteiger partial charge >= 0.3 is 11.9 Å². The molecule has 0 aromatic heterocycles. The molecule has 4 nitrogen and oxygen atoms in total. The summed E-state index contributed by atoms with van der Waals surface area (Å²) in [4.78, 5) is 13.4. The SMILES string of the molecule is COc1ccc2c(c1)CCN(c1ccc(F)cc1)C2(c1ccc(Br)cc1)C(F)(F)C(=O)O. The van der Waals surface area contributed by atoms with Crippen molar-refractivity contribution in [3.63, 3.8) is 0 Å². The lowest BCUT2D eigenvalue weighted by Crippen LogP contribution is -2.64. The lowest BCUT2D eigenvalue weighted by Gasteiger charge is -2.52. The molecule has 0 radical (unpaired) electrons. The second-order valence-electron chi connectivity index (χ2n) is 7.50. The molecular formula is C24H19BrF3NO3. The molecule has 1 heterocycles. The van der Waals surface area contributed by atoms with E-state index in [4.69, 9.17) is 4.74 Å². The maximum absolute atomic E-state index is 16.0. The molecule has 1 aliphatic heterocycles. The van der Waals surface area contributed by atoms with Gasteiger partial charge in [-0.3, -0.25) is 0 Å². The summed E-state index contributed by atoms with van der Waals surface area (Å²) >= 11 is 3.31. The van der Waals surface area contributed by atoms with Gasteiger partial charge in [-0.25, -0.2) is 9.18 Å². The molecule has 1 aliphatic rings. The van der Waals surface area contributed by atoms with Crippen LogP contribution in [0.1, 0.15) is 16.7 Å². The van der Waals surface area contributed by atoms with E-state index >= 15 is 8.78 Å². The number of hydrogen-bond acceptors (Lipinski definition) is 3. The zero-order chi connectivity index (χ0) is 23.1. The lowest BCUT2D eigenvalue weighted by atomic mass is 9.71. The first-order valence-electron chi connectivity index (χ1n) is 9.79. The van der Waals surface area contributed by atoms with Crippen LogP contribution in [-0.4, -0.2) is 30.7 Å². The number of carboxylic acids is 1. The number of ether oxygens (including phenoxy) is 1. The summed E-state index contributed by atoms with van der Waals surface area (Å²) < 4.78 is 51.5. The summed E-state index contributed by atoms with van der Waals surface area (Å²) in [6, 6.07) is 15.9. The second kappa shape index (κ2) is 8.16. The average Bonchev–Trinajstić information content (AvgIpc) is 2.78. The van der Waals surface area contributed by atoms with E-state index in [0.717, 1.165) is 0 Å². The highest BCUT2D eigenvalue weighted by Gasteiger charge is 2.66. The number of aliphatic carboxylic acids is 1. The fourth-order valence-electron chi connectivity index (χ4n) is 4.42. The Hall–Kier alpha value is -3.00. The van der Waals surface area contributed by atoms with Crippen LogP contribution in [0.4, 0.5) is 18.9 Å². The number of fused-ring (bicyclic) bond motifs is 1. The van der Waals surface area contributed by atoms with Gasteiger partial charge in [-0.2, -0.15) is 8.78 Å². The first kappa shape index (κ1) is 22.2. The van der Waals surface area contributed by atoms with Gasteiger partial charge in [0.15, 0.2) is 5.54 Å². The maximum Gasteiger partial charge on any atom is 0.377 e. The fraction of sp³-hybridized carbons (Fsp3) is 0.208. The molecule has 166 valence electrons. The number of nitrogens with zero attached hydrogens (tertiary/aromatic N) is 1. The standard InChI is InChI=1S/C24H19BrF3NO3/c1-32-20-10-11-21-15(14-20)12-13-29(19-8-6-18(26)7-9-19)23(21,24(27,28)22(30)31)16-2-4-17(25)5-3-16/h2-11,14H,12-13H2,1H3,(H,30,31). The molecule has 3 aromatic carbocycles.